The maximum atomic E-state index is 13.1. The first kappa shape index (κ1) is 21.0. The Hall–Kier alpha value is -1.32. The molecule has 0 aromatic heterocycles. The second-order valence-corrected chi connectivity index (χ2v) is 9.07. The van der Waals surface area contributed by atoms with E-state index in [2.05, 4.69) is 0 Å². The van der Waals surface area contributed by atoms with Crippen LogP contribution in [-0.4, -0.2) is 41.8 Å². The van der Waals surface area contributed by atoms with Gasteiger partial charge in [0.15, 0.2) is 0 Å². The van der Waals surface area contributed by atoms with Gasteiger partial charge in [0.05, 0.1) is 17.4 Å². The van der Waals surface area contributed by atoms with Crippen molar-refractivity contribution in [1.82, 2.24) is 4.31 Å². The third-order valence-corrected chi connectivity index (χ3v) is 6.37. The van der Waals surface area contributed by atoms with Gasteiger partial charge in [0.2, 0.25) is 10.0 Å². The molecule has 1 aliphatic heterocycles. The topological polar surface area (TPSA) is 66.8 Å². The van der Waals surface area contributed by atoms with Crippen LogP contribution < -0.4 is 4.74 Å². The van der Waals surface area contributed by atoms with Gasteiger partial charge in [0.25, 0.3) is 0 Å². The Balaban J connectivity index is 2.70. The van der Waals surface area contributed by atoms with Crippen molar-refractivity contribution in [3.8, 4) is 5.75 Å². The number of alkyl halides is 3. The number of aliphatic hydroxyl groups excluding tert-OH is 1. The summed E-state index contributed by atoms with van der Waals surface area (Å²) in [4.78, 5) is 0. The lowest BCUT2D eigenvalue weighted by Gasteiger charge is -2.45. The standard InChI is InChI=1S/C17H24F3NO4S/c1-5-9-21(26(23,24)6-2)14-12-10-11(17(18,19)20)7-8-13(12)25-16(3,4)15(14)22/h7-8,10,14-15,22H,5-6,9H2,1-4H3/t14-,15+/m0/s1. The summed E-state index contributed by atoms with van der Waals surface area (Å²) in [7, 11) is -3.76. The van der Waals surface area contributed by atoms with Gasteiger partial charge in [-0.25, -0.2) is 8.42 Å². The van der Waals surface area contributed by atoms with Crippen LogP contribution >= 0.6 is 0 Å². The number of sulfonamides is 1. The molecular formula is C17H24F3NO4S. The fraction of sp³-hybridized carbons (Fsp3) is 0.647. The van der Waals surface area contributed by atoms with Gasteiger partial charge in [-0.05, 0) is 45.4 Å². The Morgan fingerprint density at radius 3 is 2.38 bits per heavy atom. The summed E-state index contributed by atoms with van der Waals surface area (Å²) in [5, 5.41) is 10.8. The maximum absolute atomic E-state index is 13.1. The van der Waals surface area contributed by atoms with E-state index in [1.807, 2.05) is 0 Å². The Bertz CT molecular complexity index is 762. The first-order valence-electron chi connectivity index (χ1n) is 8.43. The lowest BCUT2D eigenvalue weighted by atomic mass is 9.85. The van der Waals surface area contributed by atoms with Crippen LogP contribution in [0.2, 0.25) is 0 Å². The molecule has 26 heavy (non-hydrogen) atoms. The van der Waals surface area contributed by atoms with E-state index >= 15 is 0 Å². The maximum Gasteiger partial charge on any atom is 0.416 e. The zero-order valence-corrected chi connectivity index (χ0v) is 16.0. The molecule has 2 rings (SSSR count). The van der Waals surface area contributed by atoms with E-state index in [-0.39, 0.29) is 23.6 Å². The average molecular weight is 395 g/mol. The quantitative estimate of drug-likeness (QED) is 0.830. The fourth-order valence-corrected chi connectivity index (χ4v) is 4.46. The van der Waals surface area contributed by atoms with Gasteiger partial charge in [0, 0.05) is 12.1 Å². The van der Waals surface area contributed by atoms with E-state index in [4.69, 9.17) is 4.74 Å². The van der Waals surface area contributed by atoms with Crippen molar-refractivity contribution in [2.75, 3.05) is 12.3 Å². The van der Waals surface area contributed by atoms with Crippen LogP contribution in [0.4, 0.5) is 13.2 Å². The van der Waals surface area contributed by atoms with E-state index in [0.29, 0.717) is 6.42 Å². The summed E-state index contributed by atoms with van der Waals surface area (Å²) in [6.07, 6.45) is -5.46. The number of benzene rings is 1. The van der Waals surface area contributed by atoms with E-state index in [0.717, 1.165) is 16.4 Å². The number of fused-ring (bicyclic) bond motifs is 1. The molecule has 1 aromatic carbocycles. The lowest BCUT2D eigenvalue weighted by molar-refractivity contribution is -0.138. The number of aliphatic hydroxyl groups is 1. The van der Waals surface area contributed by atoms with Crippen LogP contribution in [0.25, 0.3) is 0 Å². The third kappa shape index (κ3) is 3.84. The van der Waals surface area contributed by atoms with Crippen LogP contribution in [-0.2, 0) is 16.2 Å². The Labute approximate surface area is 151 Å². The predicted molar refractivity (Wildman–Crippen MR) is 91.4 cm³/mol. The number of hydrogen-bond donors (Lipinski definition) is 1. The summed E-state index contributed by atoms with van der Waals surface area (Å²) >= 11 is 0. The molecule has 0 radical (unpaired) electrons. The van der Waals surface area contributed by atoms with Gasteiger partial charge in [-0.15, -0.1) is 0 Å². The van der Waals surface area contributed by atoms with Gasteiger partial charge in [-0.1, -0.05) is 6.92 Å². The van der Waals surface area contributed by atoms with Gasteiger partial charge in [-0.3, -0.25) is 0 Å². The highest BCUT2D eigenvalue weighted by molar-refractivity contribution is 7.89. The van der Waals surface area contributed by atoms with Crippen molar-refractivity contribution in [3.05, 3.63) is 29.3 Å². The molecule has 0 saturated heterocycles. The average Bonchev–Trinajstić information content (AvgIpc) is 2.53. The van der Waals surface area contributed by atoms with E-state index in [9.17, 15) is 26.7 Å². The highest BCUT2D eigenvalue weighted by atomic mass is 32.2. The smallest absolute Gasteiger partial charge is 0.416 e. The highest BCUT2D eigenvalue weighted by Crippen LogP contribution is 2.45. The van der Waals surface area contributed by atoms with Crippen molar-refractivity contribution in [3.63, 3.8) is 0 Å². The first-order chi connectivity index (χ1) is 11.8. The van der Waals surface area contributed by atoms with Crippen molar-refractivity contribution in [2.45, 2.75) is 58.0 Å². The molecule has 0 saturated carbocycles. The molecule has 9 heteroatoms. The van der Waals surface area contributed by atoms with Crippen LogP contribution in [0, 0.1) is 0 Å². The largest absolute Gasteiger partial charge is 0.485 e. The molecule has 1 heterocycles. The van der Waals surface area contributed by atoms with E-state index < -0.39 is 39.5 Å². The molecule has 5 nitrogen and oxygen atoms in total. The summed E-state index contributed by atoms with van der Waals surface area (Å²) in [5.74, 6) is -0.0723. The number of nitrogens with zero attached hydrogens (tertiary/aromatic N) is 1. The number of hydrogen-bond acceptors (Lipinski definition) is 4. The van der Waals surface area contributed by atoms with Gasteiger partial charge in [0.1, 0.15) is 17.5 Å². The van der Waals surface area contributed by atoms with Gasteiger partial charge >= 0.3 is 6.18 Å². The number of halogens is 3. The molecule has 1 aliphatic rings. The molecule has 1 aromatic rings. The molecule has 0 amide bonds. The number of ether oxygens (including phenoxy) is 1. The molecule has 1 N–H and O–H groups in total. The molecule has 148 valence electrons. The van der Waals surface area contributed by atoms with Crippen LogP contribution in [0.15, 0.2) is 18.2 Å². The van der Waals surface area contributed by atoms with E-state index in [1.165, 1.54) is 13.0 Å². The molecule has 0 bridgehead atoms. The summed E-state index contributed by atoms with van der Waals surface area (Å²) in [6.45, 7) is 6.47. The normalized spacial score (nSPS) is 22.8. The van der Waals surface area contributed by atoms with Crippen LogP contribution in [0.5, 0.6) is 5.75 Å². The summed E-state index contributed by atoms with van der Waals surface area (Å²) < 4.78 is 71.4. The summed E-state index contributed by atoms with van der Waals surface area (Å²) in [5.41, 5.74) is -2.05. The zero-order chi connectivity index (χ0) is 19.9. The molecular weight excluding hydrogens is 371 g/mol. The van der Waals surface area contributed by atoms with Crippen molar-refractivity contribution < 1.29 is 31.4 Å². The minimum absolute atomic E-state index is 0.0251. The van der Waals surface area contributed by atoms with Crippen molar-refractivity contribution in [2.24, 2.45) is 0 Å². The van der Waals surface area contributed by atoms with Crippen molar-refractivity contribution >= 4 is 10.0 Å². The van der Waals surface area contributed by atoms with Crippen molar-refractivity contribution in [1.29, 1.82) is 0 Å². The lowest BCUT2D eigenvalue weighted by Crippen LogP contribution is -2.55. The van der Waals surface area contributed by atoms with Crippen LogP contribution in [0.3, 0.4) is 0 Å². The minimum atomic E-state index is -4.59. The third-order valence-electron chi connectivity index (χ3n) is 4.52. The summed E-state index contributed by atoms with van der Waals surface area (Å²) in [6, 6.07) is 1.79. The Morgan fingerprint density at radius 1 is 1.27 bits per heavy atom. The molecule has 0 fully saturated rings. The SMILES string of the molecule is CCCN([C@H]1c2cc(C(F)(F)F)ccc2OC(C)(C)[C@@H]1O)S(=O)(=O)CC. The zero-order valence-electron chi connectivity index (χ0n) is 15.2. The van der Waals surface area contributed by atoms with Crippen LogP contribution in [0.1, 0.15) is 51.3 Å². The second-order valence-electron chi connectivity index (χ2n) is 6.86. The predicted octanol–water partition coefficient (Wildman–Crippen LogP) is 3.34. The second kappa shape index (κ2) is 7.01. The van der Waals surface area contributed by atoms with Gasteiger partial charge in [-0.2, -0.15) is 17.5 Å². The Kier molecular flexibility index (Phi) is 5.66. The molecule has 2 atom stereocenters. The van der Waals surface area contributed by atoms with E-state index in [1.54, 1.807) is 20.8 Å². The molecule has 0 spiro atoms. The minimum Gasteiger partial charge on any atom is -0.485 e. The number of rotatable bonds is 5. The monoisotopic (exact) mass is 395 g/mol. The molecule has 0 unspecified atom stereocenters. The molecule has 0 aliphatic carbocycles. The first-order valence-corrected chi connectivity index (χ1v) is 10.0. The fourth-order valence-electron chi connectivity index (χ4n) is 3.09. The highest BCUT2D eigenvalue weighted by Gasteiger charge is 2.48. The Morgan fingerprint density at radius 2 is 1.88 bits per heavy atom. The van der Waals surface area contributed by atoms with Gasteiger partial charge < -0.3 is 9.84 Å².